The zero-order valence-corrected chi connectivity index (χ0v) is 15.2. The lowest BCUT2D eigenvalue weighted by molar-refractivity contribution is -0.164. The van der Waals surface area contributed by atoms with Gasteiger partial charge < -0.3 is 10.4 Å². The van der Waals surface area contributed by atoms with E-state index >= 15 is 0 Å². The second-order valence-electron chi connectivity index (χ2n) is 9.71. The summed E-state index contributed by atoms with van der Waals surface area (Å²) in [4.78, 5) is 23.9. The minimum atomic E-state index is -0.601. The number of hydrogen-bond acceptors (Lipinski definition) is 2. The van der Waals surface area contributed by atoms with Crippen LogP contribution in [0.4, 0.5) is 0 Å². The molecule has 24 heavy (non-hydrogen) atoms. The van der Waals surface area contributed by atoms with Gasteiger partial charge in [-0.05, 0) is 80.5 Å². The van der Waals surface area contributed by atoms with Gasteiger partial charge in [0, 0.05) is 12.5 Å². The lowest BCUT2D eigenvalue weighted by atomic mass is 9.45. The van der Waals surface area contributed by atoms with Gasteiger partial charge in [0.1, 0.15) is 0 Å². The van der Waals surface area contributed by atoms with E-state index in [0.29, 0.717) is 30.2 Å². The number of amides is 1. The predicted octanol–water partition coefficient (Wildman–Crippen LogP) is 3.60. The van der Waals surface area contributed by atoms with Crippen LogP contribution in [0, 0.1) is 34.0 Å². The molecule has 0 radical (unpaired) electrons. The van der Waals surface area contributed by atoms with E-state index in [2.05, 4.69) is 19.2 Å². The van der Waals surface area contributed by atoms with Gasteiger partial charge in [0.15, 0.2) is 0 Å². The van der Waals surface area contributed by atoms with Gasteiger partial charge in [-0.1, -0.05) is 13.8 Å². The van der Waals surface area contributed by atoms with Crippen LogP contribution >= 0.6 is 0 Å². The van der Waals surface area contributed by atoms with Crippen molar-refractivity contribution in [1.29, 1.82) is 0 Å². The van der Waals surface area contributed by atoms with Crippen LogP contribution in [-0.2, 0) is 9.59 Å². The average molecular weight is 333 g/mol. The van der Waals surface area contributed by atoms with E-state index in [-0.39, 0.29) is 16.7 Å². The maximum atomic E-state index is 12.0. The van der Waals surface area contributed by atoms with Gasteiger partial charge in [-0.3, -0.25) is 9.59 Å². The summed E-state index contributed by atoms with van der Waals surface area (Å²) >= 11 is 0. The van der Waals surface area contributed by atoms with Crippen molar-refractivity contribution in [3.63, 3.8) is 0 Å². The van der Waals surface area contributed by atoms with Crippen molar-refractivity contribution in [2.45, 2.75) is 78.2 Å². The van der Waals surface area contributed by atoms with E-state index in [1.807, 2.05) is 6.92 Å². The first-order chi connectivity index (χ1) is 11.2. The lowest BCUT2D eigenvalue weighted by Crippen LogP contribution is -2.61. The van der Waals surface area contributed by atoms with E-state index in [4.69, 9.17) is 0 Å². The van der Waals surface area contributed by atoms with E-state index in [1.54, 1.807) is 0 Å². The first-order valence-electron chi connectivity index (χ1n) is 9.75. The molecule has 1 amide bonds. The summed E-state index contributed by atoms with van der Waals surface area (Å²) in [5.41, 5.74) is -0.428. The summed E-state index contributed by atoms with van der Waals surface area (Å²) in [5.74, 6) is 1.44. The number of carbonyl (C=O) groups is 2. The molecule has 0 aromatic carbocycles. The van der Waals surface area contributed by atoms with Crippen molar-refractivity contribution in [2.75, 3.05) is 0 Å². The van der Waals surface area contributed by atoms with Crippen molar-refractivity contribution in [3.05, 3.63) is 0 Å². The van der Waals surface area contributed by atoms with Crippen LogP contribution in [-0.4, -0.2) is 23.0 Å². The van der Waals surface area contributed by atoms with Crippen molar-refractivity contribution in [1.82, 2.24) is 5.32 Å². The first kappa shape index (κ1) is 16.4. The highest BCUT2D eigenvalue weighted by atomic mass is 16.4. The molecular weight excluding hydrogens is 302 g/mol. The van der Waals surface area contributed by atoms with Gasteiger partial charge in [0.2, 0.25) is 5.91 Å². The molecule has 4 aliphatic rings. The first-order valence-corrected chi connectivity index (χ1v) is 9.75. The molecule has 4 rings (SSSR count). The largest absolute Gasteiger partial charge is 0.481 e. The molecule has 0 aromatic rings. The van der Waals surface area contributed by atoms with Crippen molar-refractivity contribution < 1.29 is 14.7 Å². The average Bonchev–Trinajstić information content (AvgIpc) is 2.81. The standard InChI is InChI=1S/C20H31NO3/c1-18-9-8-16(22)21-15(18)5-4-12-13(18)6-10-19(2)14(12)7-11-20(19,3)17(23)24/h12-15H,4-11H2,1-3H3,(H,21,22)(H,23,24)/t12-,13-,14+,15?,18-,19+,20?/m1/s1. The van der Waals surface area contributed by atoms with E-state index in [0.717, 1.165) is 44.9 Å². The Balaban J connectivity index is 1.66. The number of carbonyl (C=O) groups excluding carboxylic acids is 1. The summed E-state index contributed by atoms with van der Waals surface area (Å²) in [6, 6.07) is 0.330. The van der Waals surface area contributed by atoms with Crippen LogP contribution in [0.15, 0.2) is 0 Å². The quantitative estimate of drug-likeness (QED) is 0.770. The molecule has 2 unspecified atom stereocenters. The van der Waals surface area contributed by atoms with Crippen molar-refractivity contribution >= 4 is 11.9 Å². The van der Waals surface area contributed by atoms with Crippen LogP contribution < -0.4 is 5.32 Å². The maximum absolute atomic E-state index is 12.0. The summed E-state index contributed by atoms with van der Waals surface area (Å²) in [7, 11) is 0. The molecule has 3 saturated carbocycles. The maximum Gasteiger partial charge on any atom is 0.309 e. The number of carboxylic acid groups (broad SMARTS) is 1. The van der Waals surface area contributed by atoms with Crippen molar-refractivity contribution in [2.24, 2.45) is 34.0 Å². The topological polar surface area (TPSA) is 66.4 Å². The van der Waals surface area contributed by atoms with E-state index in [9.17, 15) is 14.7 Å². The SMILES string of the molecule is CC1(C(=O)O)CC[C@H]2[C@@H]3CCC4NC(=O)CC[C@]4(C)[C@@H]3CC[C@@]21C. The fraction of sp³-hybridized carbons (Fsp3) is 0.900. The lowest BCUT2D eigenvalue weighted by Gasteiger charge is -2.60. The Morgan fingerprint density at radius 2 is 1.75 bits per heavy atom. The molecule has 4 fully saturated rings. The Bertz CT molecular complexity index is 589. The minimum absolute atomic E-state index is 0.0683. The smallest absolute Gasteiger partial charge is 0.309 e. The molecule has 2 N–H and O–H groups in total. The molecule has 7 atom stereocenters. The van der Waals surface area contributed by atoms with Crippen LogP contribution in [0.1, 0.15) is 72.1 Å². The number of nitrogens with one attached hydrogen (secondary N) is 1. The molecular formula is C20H31NO3. The van der Waals surface area contributed by atoms with Crippen LogP contribution in [0.5, 0.6) is 0 Å². The van der Waals surface area contributed by atoms with E-state index in [1.165, 1.54) is 0 Å². The van der Waals surface area contributed by atoms with Crippen LogP contribution in [0.3, 0.4) is 0 Å². The van der Waals surface area contributed by atoms with Crippen LogP contribution in [0.2, 0.25) is 0 Å². The molecule has 4 nitrogen and oxygen atoms in total. The van der Waals surface area contributed by atoms with Gasteiger partial charge in [-0.2, -0.15) is 0 Å². The highest BCUT2D eigenvalue weighted by Crippen LogP contribution is 2.69. The summed E-state index contributed by atoms with van der Waals surface area (Å²) in [6.07, 6.45) is 7.93. The highest BCUT2D eigenvalue weighted by Gasteiger charge is 2.65. The minimum Gasteiger partial charge on any atom is -0.481 e. The number of piperidine rings is 1. The fourth-order valence-corrected chi connectivity index (χ4v) is 7.32. The number of hydrogen-bond donors (Lipinski definition) is 2. The third-order valence-electron chi connectivity index (χ3n) is 9.17. The Hall–Kier alpha value is -1.06. The molecule has 1 aliphatic heterocycles. The Morgan fingerprint density at radius 1 is 1.04 bits per heavy atom. The molecule has 0 spiro atoms. The normalized spacial score (nSPS) is 53.5. The van der Waals surface area contributed by atoms with E-state index < -0.39 is 11.4 Å². The molecule has 1 heterocycles. The third kappa shape index (κ3) is 1.86. The molecule has 4 heteroatoms. The number of carboxylic acids is 1. The summed E-state index contributed by atoms with van der Waals surface area (Å²) in [5, 5.41) is 13.2. The predicted molar refractivity (Wildman–Crippen MR) is 91.3 cm³/mol. The Labute approximate surface area is 144 Å². The Morgan fingerprint density at radius 3 is 2.46 bits per heavy atom. The highest BCUT2D eigenvalue weighted by molar-refractivity contribution is 5.77. The molecule has 0 bridgehead atoms. The third-order valence-corrected chi connectivity index (χ3v) is 9.17. The zero-order valence-electron chi connectivity index (χ0n) is 15.2. The zero-order chi connectivity index (χ0) is 17.3. The second-order valence-corrected chi connectivity index (χ2v) is 9.71. The number of aliphatic carboxylic acids is 1. The fourth-order valence-electron chi connectivity index (χ4n) is 7.32. The molecule has 134 valence electrons. The van der Waals surface area contributed by atoms with Gasteiger partial charge in [0.05, 0.1) is 5.41 Å². The molecule has 1 saturated heterocycles. The Kier molecular flexibility index (Phi) is 3.41. The van der Waals surface area contributed by atoms with Gasteiger partial charge in [-0.25, -0.2) is 0 Å². The van der Waals surface area contributed by atoms with Gasteiger partial charge in [-0.15, -0.1) is 0 Å². The summed E-state index contributed by atoms with van der Waals surface area (Å²) < 4.78 is 0. The number of fused-ring (bicyclic) bond motifs is 5. The van der Waals surface area contributed by atoms with Gasteiger partial charge in [0.25, 0.3) is 0 Å². The monoisotopic (exact) mass is 333 g/mol. The van der Waals surface area contributed by atoms with Gasteiger partial charge >= 0.3 is 5.97 Å². The van der Waals surface area contributed by atoms with Crippen molar-refractivity contribution in [3.8, 4) is 0 Å². The number of rotatable bonds is 1. The van der Waals surface area contributed by atoms with Crippen LogP contribution in [0.25, 0.3) is 0 Å². The molecule has 3 aliphatic carbocycles. The molecule has 0 aromatic heterocycles. The second kappa shape index (κ2) is 4.98. The summed E-state index contributed by atoms with van der Waals surface area (Å²) in [6.45, 7) is 6.64.